The highest BCUT2D eigenvalue weighted by atomic mass is 32.2. The third-order valence-electron chi connectivity index (χ3n) is 4.55. The fourth-order valence-corrected chi connectivity index (χ4v) is 3.44. The van der Waals surface area contributed by atoms with Crippen molar-refractivity contribution in [2.24, 2.45) is 0 Å². The Hall–Kier alpha value is -3.69. The van der Waals surface area contributed by atoms with E-state index in [-0.39, 0.29) is 18.3 Å². The number of imidazole rings is 1. The van der Waals surface area contributed by atoms with E-state index in [0.29, 0.717) is 22.0 Å². The molecule has 0 aliphatic heterocycles. The molecule has 0 amide bonds. The van der Waals surface area contributed by atoms with Gasteiger partial charge in [0, 0.05) is 6.26 Å². The first-order valence-electron chi connectivity index (χ1n) is 9.22. The van der Waals surface area contributed by atoms with Crippen LogP contribution in [0.1, 0.15) is 17.0 Å². The Labute approximate surface area is 186 Å². The quantitative estimate of drug-likeness (QED) is 0.398. The number of fused-ring (bicyclic) bond motifs is 1. The predicted octanol–water partition coefficient (Wildman–Crippen LogP) is 3.57. The first-order chi connectivity index (χ1) is 15.7. The highest BCUT2D eigenvalue weighted by Crippen LogP contribution is 2.33. The maximum Gasteiger partial charge on any atom is 0.421 e. The van der Waals surface area contributed by atoms with Crippen molar-refractivity contribution in [2.45, 2.75) is 24.1 Å². The molecule has 16 heteroatoms. The number of anilines is 1. The van der Waals surface area contributed by atoms with Gasteiger partial charge in [-0.1, -0.05) is 12.1 Å². The monoisotopic (exact) mass is 505 g/mol. The van der Waals surface area contributed by atoms with Crippen molar-refractivity contribution in [1.29, 1.82) is 0 Å². The van der Waals surface area contributed by atoms with Crippen LogP contribution in [0.2, 0.25) is 0 Å². The van der Waals surface area contributed by atoms with E-state index in [2.05, 4.69) is 30.4 Å². The zero-order chi connectivity index (χ0) is 24.9. The minimum absolute atomic E-state index is 0.156. The summed E-state index contributed by atoms with van der Waals surface area (Å²) in [6, 6.07) is 4.33. The number of aromatic amines is 1. The number of rotatable bonds is 5. The molecule has 3 heterocycles. The summed E-state index contributed by atoms with van der Waals surface area (Å²) in [5.41, 5.74) is -2.02. The molecule has 0 saturated carbocycles. The first kappa shape index (κ1) is 23.5. The molecule has 2 N–H and O–H groups in total. The number of alkyl halides is 6. The van der Waals surface area contributed by atoms with Crippen molar-refractivity contribution in [3.63, 3.8) is 0 Å². The molecule has 0 atom stereocenters. The summed E-state index contributed by atoms with van der Waals surface area (Å²) in [5, 5.41) is 5.41. The number of sulfone groups is 1. The molecule has 1 aromatic carbocycles. The lowest BCUT2D eigenvalue weighted by atomic mass is 10.1. The van der Waals surface area contributed by atoms with Crippen LogP contribution in [-0.4, -0.2) is 44.2 Å². The van der Waals surface area contributed by atoms with Crippen LogP contribution in [0, 0.1) is 0 Å². The molecule has 0 spiro atoms. The number of aromatic nitrogens is 6. The largest absolute Gasteiger partial charge is 0.421 e. The molecular weight excluding hydrogens is 492 g/mol. The SMILES string of the molecule is CS(=O)(=O)c1nc(NCc2ncc(-c3ccc(C(F)(F)F)cc3)[nH]2)n2ncc(C(F)(F)F)c2n1. The van der Waals surface area contributed by atoms with Crippen LogP contribution in [0.5, 0.6) is 0 Å². The highest BCUT2D eigenvalue weighted by molar-refractivity contribution is 7.90. The molecule has 4 rings (SSSR count). The van der Waals surface area contributed by atoms with Gasteiger partial charge in [0.15, 0.2) is 5.65 Å². The molecule has 9 nitrogen and oxygen atoms in total. The molecule has 0 aliphatic carbocycles. The Balaban J connectivity index is 1.62. The number of hydrogen-bond acceptors (Lipinski definition) is 7. The summed E-state index contributed by atoms with van der Waals surface area (Å²) in [6.07, 6.45) is -6.72. The predicted molar refractivity (Wildman–Crippen MR) is 105 cm³/mol. The zero-order valence-electron chi connectivity index (χ0n) is 16.9. The van der Waals surface area contributed by atoms with Gasteiger partial charge in [0.2, 0.25) is 15.8 Å². The van der Waals surface area contributed by atoms with Crippen molar-refractivity contribution < 1.29 is 34.8 Å². The number of H-pyrrole nitrogens is 1. The van der Waals surface area contributed by atoms with Crippen LogP contribution < -0.4 is 5.32 Å². The van der Waals surface area contributed by atoms with E-state index >= 15 is 0 Å². The standard InChI is InChI=1S/C18H13F6N7O2S/c1-34(32,33)16-29-14-11(18(22,23)24)6-27-31(14)15(30-16)26-8-13-25-7-12(28-13)9-2-4-10(5-3-9)17(19,20)21/h2-7H,8H2,1H3,(H,25,28)(H,26,29,30). The van der Waals surface area contributed by atoms with Gasteiger partial charge in [0.25, 0.3) is 5.16 Å². The number of benzene rings is 1. The van der Waals surface area contributed by atoms with Gasteiger partial charge in [0.1, 0.15) is 11.4 Å². The molecule has 180 valence electrons. The molecular formula is C18H13F6N7O2S. The maximum atomic E-state index is 13.3. The van der Waals surface area contributed by atoms with E-state index in [1.807, 2.05) is 0 Å². The third-order valence-corrected chi connectivity index (χ3v) is 5.40. The second-order valence-corrected chi connectivity index (χ2v) is 8.98. The van der Waals surface area contributed by atoms with Crippen LogP contribution in [0.4, 0.5) is 32.3 Å². The summed E-state index contributed by atoms with van der Waals surface area (Å²) in [6.45, 7) is -0.156. The van der Waals surface area contributed by atoms with E-state index < -0.39 is 44.1 Å². The van der Waals surface area contributed by atoms with Gasteiger partial charge in [-0.3, -0.25) is 0 Å². The number of hydrogen-bond donors (Lipinski definition) is 2. The van der Waals surface area contributed by atoms with E-state index in [0.717, 1.165) is 18.4 Å². The topological polar surface area (TPSA) is 118 Å². The summed E-state index contributed by atoms with van der Waals surface area (Å²) in [7, 11) is -4.06. The van der Waals surface area contributed by atoms with Crippen molar-refractivity contribution >= 4 is 21.4 Å². The Morgan fingerprint density at radius 1 is 1.00 bits per heavy atom. The van der Waals surface area contributed by atoms with E-state index in [4.69, 9.17) is 0 Å². The van der Waals surface area contributed by atoms with Crippen LogP contribution in [-0.2, 0) is 28.7 Å². The number of halogens is 6. The third kappa shape index (κ3) is 4.66. The molecule has 0 bridgehead atoms. The van der Waals surface area contributed by atoms with Gasteiger partial charge in [-0.2, -0.15) is 45.9 Å². The highest BCUT2D eigenvalue weighted by Gasteiger charge is 2.36. The van der Waals surface area contributed by atoms with Gasteiger partial charge in [-0.15, -0.1) is 0 Å². The van der Waals surface area contributed by atoms with Crippen molar-refractivity contribution in [3.8, 4) is 11.3 Å². The molecule has 0 radical (unpaired) electrons. The van der Waals surface area contributed by atoms with Crippen LogP contribution in [0.25, 0.3) is 16.9 Å². The molecule has 0 unspecified atom stereocenters. The van der Waals surface area contributed by atoms with Gasteiger partial charge >= 0.3 is 12.4 Å². The minimum Gasteiger partial charge on any atom is -0.347 e. The number of nitrogens with one attached hydrogen (secondary N) is 2. The number of nitrogens with zero attached hydrogens (tertiary/aromatic N) is 5. The fourth-order valence-electron chi connectivity index (χ4n) is 2.94. The second kappa shape index (κ2) is 7.96. The van der Waals surface area contributed by atoms with Crippen molar-refractivity contribution in [2.75, 3.05) is 11.6 Å². The van der Waals surface area contributed by atoms with Crippen LogP contribution in [0.3, 0.4) is 0 Å². The average Bonchev–Trinajstić information content (AvgIpc) is 3.37. The maximum absolute atomic E-state index is 13.3. The van der Waals surface area contributed by atoms with Gasteiger partial charge < -0.3 is 10.3 Å². The van der Waals surface area contributed by atoms with E-state index in [9.17, 15) is 34.8 Å². The zero-order valence-corrected chi connectivity index (χ0v) is 17.7. The molecule has 0 aliphatic rings. The minimum atomic E-state index is -4.83. The Bertz CT molecular complexity index is 1460. The van der Waals surface area contributed by atoms with Crippen LogP contribution in [0.15, 0.2) is 41.8 Å². The normalized spacial score (nSPS) is 12.9. The van der Waals surface area contributed by atoms with Gasteiger partial charge in [-0.25, -0.2) is 13.4 Å². The van der Waals surface area contributed by atoms with E-state index in [1.165, 1.54) is 18.3 Å². The van der Waals surface area contributed by atoms with Crippen molar-refractivity contribution in [3.05, 3.63) is 53.6 Å². The summed E-state index contributed by atoms with van der Waals surface area (Å²) in [4.78, 5) is 14.2. The van der Waals surface area contributed by atoms with Gasteiger partial charge in [0.05, 0.1) is 30.2 Å². The summed E-state index contributed by atoms with van der Waals surface area (Å²) in [5.74, 6) is -0.0980. The Morgan fingerprint density at radius 2 is 1.68 bits per heavy atom. The van der Waals surface area contributed by atoms with Gasteiger partial charge in [-0.05, 0) is 17.7 Å². The summed E-state index contributed by atoms with van der Waals surface area (Å²) >= 11 is 0. The molecule has 3 aromatic heterocycles. The molecule has 34 heavy (non-hydrogen) atoms. The first-order valence-corrected chi connectivity index (χ1v) is 11.1. The Morgan fingerprint density at radius 3 is 2.26 bits per heavy atom. The Kier molecular flexibility index (Phi) is 5.50. The van der Waals surface area contributed by atoms with Crippen LogP contribution >= 0.6 is 0 Å². The molecule has 0 fully saturated rings. The molecule has 0 saturated heterocycles. The lowest BCUT2D eigenvalue weighted by molar-refractivity contribution is -0.138. The summed E-state index contributed by atoms with van der Waals surface area (Å²) < 4.78 is 102. The molecule has 4 aromatic rings. The lowest BCUT2D eigenvalue weighted by Gasteiger charge is -2.09. The van der Waals surface area contributed by atoms with Crippen molar-refractivity contribution in [1.82, 2.24) is 29.5 Å². The average molecular weight is 505 g/mol. The smallest absolute Gasteiger partial charge is 0.347 e. The second-order valence-electron chi connectivity index (χ2n) is 7.07. The van der Waals surface area contributed by atoms with E-state index in [1.54, 1.807) is 0 Å². The fraction of sp³-hybridized carbons (Fsp3) is 0.222. The lowest BCUT2D eigenvalue weighted by Crippen LogP contribution is -2.15.